The van der Waals surface area contributed by atoms with Crippen molar-refractivity contribution in [3.63, 3.8) is 0 Å². The molecule has 1 aromatic carbocycles. The van der Waals surface area contributed by atoms with Gasteiger partial charge >= 0.3 is 0 Å². The quantitative estimate of drug-likeness (QED) is 0.928. The van der Waals surface area contributed by atoms with Crippen molar-refractivity contribution in [3.05, 3.63) is 46.2 Å². The van der Waals surface area contributed by atoms with Gasteiger partial charge in [0.25, 0.3) is 0 Å². The number of hydrogen-bond donors (Lipinski definition) is 1. The Morgan fingerprint density at radius 3 is 2.78 bits per heavy atom. The summed E-state index contributed by atoms with van der Waals surface area (Å²) in [7, 11) is 0. The van der Waals surface area contributed by atoms with Gasteiger partial charge in [-0.1, -0.05) is 37.0 Å². The molecule has 1 aromatic heterocycles. The molecule has 0 bridgehead atoms. The molecule has 2 rings (SSSR count). The van der Waals surface area contributed by atoms with Crippen molar-refractivity contribution in [1.82, 2.24) is 15.1 Å². The van der Waals surface area contributed by atoms with Gasteiger partial charge in [0.2, 0.25) is 0 Å². The van der Waals surface area contributed by atoms with Crippen LogP contribution in [0, 0.1) is 0 Å². The summed E-state index contributed by atoms with van der Waals surface area (Å²) >= 11 is 12.0. The highest BCUT2D eigenvalue weighted by Crippen LogP contribution is 2.23. The Morgan fingerprint density at radius 1 is 1.33 bits per heavy atom. The van der Waals surface area contributed by atoms with Gasteiger partial charge in [-0.25, -0.2) is 4.68 Å². The Kier molecular flexibility index (Phi) is 4.27. The minimum absolute atomic E-state index is 0.451. The Hall–Kier alpha value is -1.03. The molecule has 0 aliphatic carbocycles. The number of benzene rings is 1. The first-order chi connectivity index (χ1) is 8.56. The Balaban J connectivity index is 2.18. The number of nitrogens with one attached hydrogen (secondary N) is 1. The smallest absolute Gasteiger partial charge is 0.0832 e. The van der Waals surface area contributed by atoms with E-state index < -0.39 is 0 Å². The van der Waals surface area contributed by atoms with E-state index in [1.54, 1.807) is 16.8 Å². The summed E-state index contributed by atoms with van der Waals surface area (Å²) < 4.78 is 1.76. The summed E-state index contributed by atoms with van der Waals surface area (Å²) in [5.74, 6) is 0. The summed E-state index contributed by atoms with van der Waals surface area (Å²) in [5, 5.41) is 8.86. The van der Waals surface area contributed by atoms with E-state index in [0.29, 0.717) is 16.1 Å². The zero-order valence-electron chi connectivity index (χ0n) is 10.3. The molecule has 0 amide bonds. The van der Waals surface area contributed by atoms with Gasteiger partial charge in [0.15, 0.2) is 0 Å². The second-order valence-electron chi connectivity index (χ2n) is 4.42. The zero-order valence-corrected chi connectivity index (χ0v) is 11.8. The van der Waals surface area contributed by atoms with Crippen LogP contribution in [-0.4, -0.2) is 15.8 Å². The highest BCUT2D eigenvalue weighted by Gasteiger charge is 2.06. The van der Waals surface area contributed by atoms with Crippen LogP contribution in [0.1, 0.15) is 19.4 Å². The average molecular weight is 284 g/mol. The van der Waals surface area contributed by atoms with Gasteiger partial charge in [0.1, 0.15) is 0 Å². The van der Waals surface area contributed by atoms with Crippen LogP contribution in [0.15, 0.2) is 30.6 Å². The average Bonchev–Trinajstić information content (AvgIpc) is 2.75. The molecule has 1 heterocycles. The number of rotatable bonds is 4. The van der Waals surface area contributed by atoms with Crippen LogP contribution < -0.4 is 5.32 Å². The maximum atomic E-state index is 6.14. The van der Waals surface area contributed by atoms with Crippen LogP contribution >= 0.6 is 23.2 Å². The van der Waals surface area contributed by atoms with E-state index in [4.69, 9.17) is 23.2 Å². The predicted octanol–water partition coefficient (Wildman–Crippen LogP) is 3.68. The molecule has 3 nitrogen and oxygen atoms in total. The molecule has 0 radical (unpaired) electrons. The maximum Gasteiger partial charge on any atom is 0.0832 e. The van der Waals surface area contributed by atoms with Gasteiger partial charge in [-0.05, 0) is 18.2 Å². The first-order valence-electron chi connectivity index (χ1n) is 5.78. The van der Waals surface area contributed by atoms with E-state index in [0.717, 1.165) is 17.8 Å². The van der Waals surface area contributed by atoms with Crippen molar-refractivity contribution >= 4 is 23.2 Å². The fourth-order valence-corrected chi connectivity index (χ4v) is 2.07. The molecule has 0 fully saturated rings. The van der Waals surface area contributed by atoms with Crippen molar-refractivity contribution < 1.29 is 0 Å². The molecular formula is C13H15Cl2N3. The molecule has 18 heavy (non-hydrogen) atoms. The third-order valence-corrected chi connectivity index (χ3v) is 3.04. The minimum atomic E-state index is 0.451. The second-order valence-corrected chi connectivity index (χ2v) is 5.27. The first-order valence-corrected chi connectivity index (χ1v) is 6.54. The van der Waals surface area contributed by atoms with Crippen molar-refractivity contribution in [2.75, 3.05) is 0 Å². The SMILES string of the molecule is CC(C)NCc1cnn(-c2ccc(Cl)cc2Cl)c1. The zero-order chi connectivity index (χ0) is 13.1. The van der Waals surface area contributed by atoms with Crippen LogP contribution in [0.2, 0.25) is 10.0 Å². The van der Waals surface area contributed by atoms with E-state index in [9.17, 15) is 0 Å². The molecule has 0 unspecified atom stereocenters. The monoisotopic (exact) mass is 283 g/mol. The standard InChI is InChI=1S/C13H15Cl2N3/c1-9(2)16-6-10-7-17-18(8-10)13-4-3-11(14)5-12(13)15/h3-5,7-9,16H,6H2,1-2H3. The van der Waals surface area contributed by atoms with Gasteiger partial charge in [0, 0.05) is 29.4 Å². The highest BCUT2D eigenvalue weighted by atomic mass is 35.5. The number of aromatic nitrogens is 2. The minimum Gasteiger partial charge on any atom is -0.310 e. The molecule has 5 heteroatoms. The molecule has 2 aromatic rings. The maximum absolute atomic E-state index is 6.14. The first kappa shape index (κ1) is 13.4. The van der Waals surface area contributed by atoms with Crippen LogP contribution in [0.5, 0.6) is 0 Å². The number of halogens is 2. The lowest BCUT2D eigenvalue weighted by Gasteiger charge is -2.06. The fourth-order valence-electron chi connectivity index (χ4n) is 1.57. The predicted molar refractivity (Wildman–Crippen MR) is 75.6 cm³/mol. The van der Waals surface area contributed by atoms with Crippen LogP contribution in [0.3, 0.4) is 0 Å². The summed E-state index contributed by atoms with van der Waals surface area (Å²) in [6, 6.07) is 5.83. The summed E-state index contributed by atoms with van der Waals surface area (Å²) in [6.45, 7) is 5.02. The van der Waals surface area contributed by atoms with E-state index >= 15 is 0 Å². The van der Waals surface area contributed by atoms with Gasteiger partial charge in [-0.2, -0.15) is 5.10 Å². The lowest BCUT2D eigenvalue weighted by Crippen LogP contribution is -2.21. The third kappa shape index (κ3) is 3.25. The van der Waals surface area contributed by atoms with Gasteiger partial charge in [0.05, 0.1) is 16.9 Å². The molecule has 0 saturated carbocycles. The Bertz CT molecular complexity index is 535. The Labute approximate surface area is 117 Å². The van der Waals surface area contributed by atoms with Crippen LogP contribution in [0.4, 0.5) is 0 Å². The number of nitrogens with zero attached hydrogens (tertiary/aromatic N) is 2. The second kappa shape index (κ2) is 5.74. The van der Waals surface area contributed by atoms with Crippen molar-refractivity contribution in [3.8, 4) is 5.69 Å². The van der Waals surface area contributed by atoms with Crippen LogP contribution in [0.25, 0.3) is 5.69 Å². The normalized spacial score (nSPS) is 11.2. The summed E-state index contributed by atoms with van der Waals surface area (Å²) in [4.78, 5) is 0. The van der Waals surface area contributed by atoms with E-state index in [2.05, 4.69) is 24.3 Å². The highest BCUT2D eigenvalue weighted by molar-refractivity contribution is 6.35. The van der Waals surface area contributed by atoms with Crippen molar-refractivity contribution in [1.29, 1.82) is 0 Å². The fraction of sp³-hybridized carbons (Fsp3) is 0.308. The van der Waals surface area contributed by atoms with Gasteiger partial charge in [-0.15, -0.1) is 0 Å². The summed E-state index contributed by atoms with van der Waals surface area (Å²) in [6.07, 6.45) is 3.80. The van der Waals surface area contributed by atoms with Gasteiger partial charge in [-0.3, -0.25) is 0 Å². The van der Waals surface area contributed by atoms with Crippen molar-refractivity contribution in [2.24, 2.45) is 0 Å². The summed E-state index contributed by atoms with van der Waals surface area (Å²) in [5.41, 5.74) is 1.95. The van der Waals surface area contributed by atoms with E-state index in [1.807, 2.05) is 18.5 Å². The van der Waals surface area contributed by atoms with E-state index in [-0.39, 0.29) is 0 Å². The molecule has 1 N–H and O–H groups in total. The Morgan fingerprint density at radius 2 is 2.11 bits per heavy atom. The van der Waals surface area contributed by atoms with Crippen molar-refractivity contribution in [2.45, 2.75) is 26.4 Å². The van der Waals surface area contributed by atoms with E-state index in [1.165, 1.54) is 0 Å². The molecular weight excluding hydrogens is 269 g/mol. The molecule has 96 valence electrons. The lowest BCUT2D eigenvalue weighted by atomic mass is 10.3. The van der Waals surface area contributed by atoms with Crippen LogP contribution in [-0.2, 0) is 6.54 Å². The number of hydrogen-bond acceptors (Lipinski definition) is 2. The molecule has 0 saturated heterocycles. The topological polar surface area (TPSA) is 29.9 Å². The molecule has 0 spiro atoms. The largest absolute Gasteiger partial charge is 0.310 e. The van der Waals surface area contributed by atoms with Gasteiger partial charge < -0.3 is 5.32 Å². The molecule has 0 aliphatic heterocycles. The molecule has 0 atom stereocenters. The third-order valence-electron chi connectivity index (χ3n) is 2.51. The lowest BCUT2D eigenvalue weighted by molar-refractivity contribution is 0.589. The molecule has 0 aliphatic rings.